The largest absolute Gasteiger partial charge is 0.472 e. The quantitative estimate of drug-likeness (QED) is 0.872. The Hall–Kier alpha value is -2.43. The van der Waals surface area contributed by atoms with Crippen LogP contribution in [0.3, 0.4) is 0 Å². The molecule has 1 saturated carbocycles. The molecule has 0 radical (unpaired) electrons. The van der Waals surface area contributed by atoms with Crippen molar-refractivity contribution < 1.29 is 14.0 Å². The summed E-state index contributed by atoms with van der Waals surface area (Å²) in [5.41, 5.74) is 2.17. The first-order valence-electron chi connectivity index (χ1n) is 8.21. The van der Waals surface area contributed by atoms with Crippen LogP contribution in [0.1, 0.15) is 45.7 Å². The van der Waals surface area contributed by atoms with E-state index in [1.165, 1.54) is 0 Å². The number of ketones is 1. The molecule has 0 saturated heterocycles. The third-order valence-electron chi connectivity index (χ3n) is 4.26. The second kappa shape index (κ2) is 6.23. The lowest BCUT2D eigenvalue weighted by Gasteiger charge is -2.26. The van der Waals surface area contributed by atoms with E-state index in [9.17, 15) is 9.59 Å². The standard InChI is InChI=1S/C19H22N2O3/c1-12(22)10-19(2,3)17-15(14-8-9-24-11-14)6-7-16(20-17)21-18(23)13-4-5-13/h6-9,11,13H,4-5,10H2,1-3H3,(H,20,21,23). The van der Waals surface area contributed by atoms with Gasteiger partial charge in [-0.05, 0) is 38.0 Å². The second-order valence-electron chi connectivity index (χ2n) is 7.13. The van der Waals surface area contributed by atoms with Crippen LogP contribution in [-0.2, 0) is 15.0 Å². The number of nitrogens with zero attached hydrogens (tertiary/aromatic N) is 1. The Morgan fingerprint density at radius 3 is 2.62 bits per heavy atom. The number of aromatic nitrogens is 1. The minimum absolute atomic E-state index is 0.0221. The Kier molecular flexibility index (Phi) is 4.26. The average Bonchev–Trinajstić information content (AvgIpc) is 3.22. The summed E-state index contributed by atoms with van der Waals surface area (Å²) in [6.45, 7) is 5.57. The third kappa shape index (κ3) is 3.55. The van der Waals surface area contributed by atoms with Crippen LogP contribution in [0.15, 0.2) is 35.1 Å². The van der Waals surface area contributed by atoms with E-state index in [2.05, 4.69) is 10.3 Å². The molecule has 5 heteroatoms. The van der Waals surface area contributed by atoms with Gasteiger partial charge in [-0.2, -0.15) is 0 Å². The molecule has 1 N–H and O–H groups in total. The molecule has 1 aliphatic carbocycles. The van der Waals surface area contributed by atoms with E-state index in [1.807, 2.05) is 26.0 Å². The lowest BCUT2D eigenvalue weighted by molar-refractivity contribution is -0.118. The number of pyridine rings is 1. The fourth-order valence-corrected chi connectivity index (χ4v) is 2.98. The molecule has 2 heterocycles. The summed E-state index contributed by atoms with van der Waals surface area (Å²) in [5.74, 6) is 0.779. The first-order chi connectivity index (χ1) is 11.4. The maximum absolute atomic E-state index is 12.0. The Morgan fingerprint density at radius 2 is 2.04 bits per heavy atom. The lowest BCUT2D eigenvalue weighted by atomic mass is 9.80. The summed E-state index contributed by atoms with van der Waals surface area (Å²) in [7, 11) is 0. The lowest BCUT2D eigenvalue weighted by Crippen LogP contribution is -2.24. The molecular formula is C19H22N2O3. The van der Waals surface area contributed by atoms with Gasteiger partial charge < -0.3 is 9.73 Å². The van der Waals surface area contributed by atoms with Crippen molar-refractivity contribution in [1.82, 2.24) is 4.98 Å². The van der Waals surface area contributed by atoms with Crippen molar-refractivity contribution in [2.75, 3.05) is 5.32 Å². The van der Waals surface area contributed by atoms with E-state index in [1.54, 1.807) is 25.5 Å². The van der Waals surface area contributed by atoms with E-state index in [4.69, 9.17) is 4.42 Å². The number of nitrogens with one attached hydrogen (secondary N) is 1. The monoisotopic (exact) mass is 326 g/mol. The number of carbonyl (C=O) groups is 2. The minimum Gasteiger partial charge on any atom is -0.472 e. The zero-order chi connectivity index (χ0) is 17.3. The maximum atomic E-state index is 12.0. The van der Waals surface area contributed by atoms with Gasteiger partial charge in [-0.3, -0.25) is 9.59 Å². The highest BCUT2D eigenvalue weighted by molar-refractivity contribution is 5.93. The van der Waals surface area contributed by atoms with E-state index in [-0.39, 0.29) is 17.6 Å². The molecule has 1 amide bonds. The van der Waals surface area contributed by atoms with Gasteiger partial charge in [0.1, 0.15) is 11.6 Å². The predicted octanol–water partition coefficient (Wildman–Crippen LogP) is 3.95. The maximum Gasteiger partial charge on any atom is 0.228 e. The van der Waals surface area contributed by atoms with E-state index in [0.717, 1.165) is 29.7 Å². The van der Waals surface area contributed by atoms with Crippen LogP contribution in [0.2, 0.25) is 0 Å². The van der Waals surface area contributed by atoms with Crippen molar-refractivity contribution in [2.45, 2.75) is 45.4 Å². The topological polar surface area (TPSA) is 72.2 Å². The van der Waals surface area contributed by atoms with Gasteiger partial charge in [-0.25, -0.2) is 4.98 Å². The molecular weight excluding hydrogens is 304 g/mol. The fraction of sp³-hybridized carbons (Fsp3) is 0.421. The zero-order valence-corrected chi connectivity index (χ0v) is 14.3. The SMILES string of the molecule is CC(=O)CC(C)(C)c1nc(NC(=O)C2CC2)ccc1-c1ccoc1. The average molecular weight is 326 g/mol. The van der Waals surface area contributed by atoms with Gasteiger partial charge in [-0.1, -0.05) is 13.8 Å². The first kappa shape index (κ1) is 16.4. The molecule has 1 aliphatic rings. The number of furan rings is 1. The molecule has 0 aromatic carbocycles. The number of carbonyl (C=O) groups excluding carboxylic acids is 2. The normalized spacial score (nSPS) is 14.5. The smallest absolute Gasteiger partial charge is 0.228 e. The highest BCUT2D eigenvalue weighted by Gasteiger charge is 2.31. The van der Waals surface area contributed by atoms with Gasteiger partial charge in [0, 0.05) is 28.9 Å². The Labute approximate surface area is 141 Å². The van der Waals surface area contributed by atoms with Crippen LogP contribution in [-0.4, -0.2) is 16.7 Å². The van der Waals surface area contributed by atoms with Crippen LogP contribution < -0.4 is 5.32 Å². The van der Waals surface area contributed by atoms with Crippen LogP contribution in [0.4, 0.5) is 5.82 Å². The predicted molar refractivity (Wildman–Crippen MR) is 91.6 cm³/mol. The summed E-state index contributed by atoms with van der Waals surface area (Å²) < 4.78 is 5.19. The number of hydrogen-bond donors (Lipinski definition) is 1. The molecule has 0 bridgehead atoms. The van der Waals surface area contributed by atoms with Crippen molar-refractivity contribution >= 4 is 17.5 Å². The van der Waals surface area contributed by atoms with Crippen molar-refractivity contribution in [3.63, 3.8) is 0 Å². The number of amides is 1. The van der Waals surface area contributed by atoms with Gasteiger partial charge in [0.25, 0.3) is 0 Å². The minimum atomic E-state index is -0.446. The van der Waals surface area contributed by atoms with Crippen molar-refractivity contribution in [3.8, 4) is 11.1 Å². The summed E-state index contributed by atoms with van der Waals surface area (Å²) in [6.07, 6.45) is 5.54. The van der Waals surface area contributed by atoms with Gasteiger partial charge in [-0.15, -0.1) is 0 Å². The number of anilines is 1. The molecule has 1 fully saturated rings. The fourth-order valence-electron chi connectivity index (χ4n) is 2.98. The Bertz CT molecular complexity index is 759. The van der Waals surface area contributed by atoms with Crippen LogP contribution in [0.5, 0.6) is 0 Å². The van der Waals surface area contributed by atoms with Crippen LogP contribution in [0.25, 0.3) is 11.1 Å². The second-order valence-corrected chi connectivity index (χ2v) is 7.13. The summed E-state index contributed by atoms with van der Waals surface area (Å²) >= 11 is 0. The molecule has 126 valence electrons. The number of rotatable bonds is 6. The number of hydrogen-bond acceptors (Lipinski definition) is 4. The third-order valence-corrected chi connectivity index (χ3v) is 4.26. The molecule has 3 rings (SSSR count). The van der Waals surface area contributed by atoms with Crippen molar-refractivity contribution in [3.05, 3.63) is 36.4 Å². The summed E-state index contributed by atoms with van der Waals surface area (Å²) in [5, 5.41) is 2.88. The summed E-state index contributed by atoms with van der Waals surface area (Å²) in [6, 6.07) is 5.60. The summed E-state index contributed by atoms with van der Waals surface area (Å²) in [4.78, 5) is 28.4. The van der Waals surface area contributed by atoms with E-state index in [0.29, 0.717) is 12.2 Å². The molecule has 2 aromatic heterocycles. The van der Waals surface area contributed by atoms with E-state index < -0.39 is 5.41 Å². The molecule has 0 unspecified atom stereocenters. The van der Waals surface area contributed by atoms with Crippen LogP contribution in [0, 0.1) is 5.92 Å². The van der Waals surface area contributed by atoms with Crippen LogP contribution >= 0.6 is 0 Å². The van der Waals surface area contributed by atoms with Gasteiger partial charge in [0.2, 0.25) is 5.91 Å². The van der Waals surface area contributed by atoms with Gasteiger partial charge >= 0.3 is 0 Å². The Balaban J connectivity index is 1.99. The zero-order valence-electron chi connectivity index (χ0n) is 14.3. The molecule has 0 spiro atoms. The molecule has 0 aliphatic heterocycles. The molecule has 2 aromatic rings. The molecule has 5 nitrogen and oxygen atoms in total. The van der Waals surface area contributed by atoms with Gasteiger partial charge in [0.05, 0.1) is 18.2 Å². The Morgan fingerprint density at radius 1 is 1.29 bits per heavy atom. The highest BCUT2D eigenvalue weighted by Crippen LogP contribution is 2.36. The van der Waals surface area contributed by atoms with E-state index >= 15 is 0 Å². The molecule has 0 atom stereocenters. The molecule has 24 heavy (non-hydrogen) atoms. The van der Waals surface area contributed by atoms with Gasteiger partial charge in [0.15, 0.2) is 0 Å². The number of Topliss-reactive ketones (excluding diaryl/α,β-unsaturated/α-hetero) is 1. The van der Waals surface area contributed by atoms with Crippen molar-refractivity contribution in [2.24, 2.45) is 5.92 Å². The van der Waals surface area contributed by atoms with Crippen molar-refractivity contribution in [1.29, 1.82) is 0 Å². The first-order valence-corrected chi connectivity index (χ1v) is 8.21. The highest BCUT2D eigenvalue weighted by atomic mass is 16.3.